The van der Waals surface area contributed by atoms with Crippen molar-refractivity contribution in [2.45, 2.75) is 31.3 Å². The van der Waals surface area contributed by atoms with Crippen molar-refractivity contribution in [2.75, 3.05) is 19.6 Å². The van der Waals surface area contributed by atoms with Gasteiger partial charge in [-0.3, -0.25) is 4.99 Å². The molecule has 1 atom stereocenters. The smallest absolute Gasteiger partial charge is 0.264 e. The summed E-state index contributed by atoms with van der Waals surface area (Å²) in [5.74, 6) is 7.92. The fourth-order valence-electron chi connectivity index (χ4n) is 6.27. The molecule has 3 N–H and O–H groups in total. The maximum absolute atomic E-state index is 11.2. The van der Waals surface area contributed by atoms with E-state index in [-0.39, 0.29) is 10.5 Å². The Morgan fingerprint density at radius 3 is 2.59 bits per heavy atom. The Morgan fingerprint density at radius 2 is 1.78 bits per heavy atom. The molecule has 0 bridgehead atoms. The number of benzene rings is 2. The third-order valence-corrected chi connectivity index (χ3v) is 8.20. The van der Waals surface area contributed by atoms with Gasteiger partial charge in [-0.2, -0.15) is 10.8 Å². The van der Waals surface area contributed by atoms with E-state index in [1.165, 1.54) is 12.8 Å². The number of pyridine rings is 1. The van der Waals surface area contributed by atoms with E-state index in [1.807, 2.05) is 30.6 Å². The first-order valence-corrected chi connectivity index (χ1v) is 13.1. The Hall–Kier alpha value is -3.49. The molecule has 1 saturated heterocycles. The Labute approximate surface area is 216 Å². The van der Waals surface area contributed by atoms with Crippen LogP contribution in [0.3, 0.4) is 0 Å². The maximum atomic E-state index is 11.2. The molecule has 3 aliphatic heterocycles. The number of rotatable bonds is 5. The van der Waals surface area contributed by atoms with Crippen LogP contribution in [0.2, 0.25) is 0 Å². The van der Waals surface area contributed by atoms with Crippen molar-refractivity contribution in [3.63, 3.8) is 0 Å². The maximum Gasteiger partial charge on any atom is 0.264 e. The van der Waals surface area contributed by atoms with E-state index in [2.05, 4.69) is 52.4 Å². The molecule has 3 aromatic rings. The molecule has 7 nitrogen and oxygen atoms in total. The van der Waals surface area contributed by atoms with Gasteiger partial charge in [0.05, 0.1) is 34.8 Å². The molecule has 2 fully saturated rings. The van der Waals surface area contributed by atoms with Crippen LogP contribution in [0.5, 0.6) is 0 Å². The monoisotopic (exact) mass is 491 g/mol. The minimum atomic E-state index is -0.645. The van der Waals surface area contributed by atoms with E-state index in [1.54, 1.807) is 6.20 Å². The summed E-state index contributed by atoms with van der Waals surface area (Å²) in [4.78, 5) is 16.9. The summed E-state index contributed by atoms with van der Waals surface area (Å²) in [5.41, 5.74) is 5.05. The Balaban J connectivity index is 1.22. The molecule has 1 saturated carbocycles. The lowest BCUT2D eigenvalue weighted by molar-refractivity contribution is -0.750. The molecule has 37 heavy (non-hydrogen) atoms. The van der Waals surface area contributed by atoms with Crippen LogP contribution in [0.25, 0.3) is 22.2 Å². The number of hydrogen-bond acceptors (Lipinski definition) is 6. The van der Waals surface area contributed by atoms with Gasteiger partial charge in [0, 0.05) is 23.4 Å². The highest BCUT2D eigenvalue weighted by Crippen LogP contribution is 2.47. The van der Waals surface area contributed by atoms with E-state index >= 15 is 0 Å². The summed E-state index contributed by atoms with van der Waals surface area (Å²) in [6.07, 6.45) is 9.31. The van der Waals surface area contributed by atoms with Crippen LogP contribution >= 0.6 is 0 Å². The zero-order chi connectivity index (χ0) is 25.0. The first-order valence-electron chi connectivity index (χ1n) is 13.1. The van der Waals surface area contributed by atoms with Crippen LogP contribution in [-0.4, -0.2) is 56.9 Å². The number of quaternary nitrogens is 1. The zero-order valence-electron chi connectivity index (χ0n) is 20.8. The van der Waals surface area contributed by atoms with Crippen molar-refractivity contribution < 1.29 is 9.70 Å². The third-order valence-electron chi connectivity index (χ3n) is 8.20. The van der Waals surface area contributed by atoms with Crippen LogP contribution in [0.4, 0.5) is 0 Å². The first-order chi connectivity index (χ1) is 18.0. The number of likely N-dealkylation sites (tertiary alicyclic amines) is 1. The van der Waals surface area contributed by atoms with E-state index in [0.717, 1.165) is 64.6 Å². The van der Waals surface area contributed by atoms with E-state index < -0.39 is 5.60 Å². The van der Waals surface area contributed by atoms with Gasteiger partial charge < -0.3 is 10.0 Å². The summed E-state index contributed by atoms with van der Waals surface area (Å²) in [7, 11) is 0. The number of hydrogen-bond donors (Lipinski definition) is 2. The summed E-state index contributed by atoms with van der Waals surface area (Å²) in [6, 6.07) is 20.6. The average molecular weight is 492 g/mol. The number of allylic oxidation sites excluding steroid dienone is 2. The van der Waals surface area contributed by atoms with Gasteiger partial charge in [-0.15, -0.1) is 4.59 Å². The molecular formula is C30H31N6O+. The second kappa shape index (κ2) is 8.53. The van der Waals surface area contributed by atoms with Gasteiger partial charge in [0.25, 0.3) is 5.84 Å². The highest BCUT2D eigenvalue weighted by Gasteiger charge is 2.52. The van der Waals surface area contributed by atoms with Gasteiger partial charge in [-0.1, -0.05) is 42.5 Å². The number of amidine groups is 1. The van der Waals surface area contributed by atoms with Gasteiger partial charge in [0.2, 0.25) is 5.70 Å². The second-order valence-electron chi connectivity index (χ2n) is 10.8. The van der Waals surface area contributed by atoms with E-state index in [9.17, 15) is 5.11 Å². The third kappa shape index (κ3) is 3.86. The number of aliphatic hydroxyl groups is 1. The molecule has 4 heterocycles. The lowest BCUT2D eigenvalue weighted by Crippen LogP contribution is -2.54. The minimum absolute atomic E-state index is 0.0101. The minimum Gasteiger partial charge on any atom is -0.389 e. The molecule has 0 spiro atoms. The molecular weight excluding hydrogens is 460 g/mol. The molecule has 7 heteroatoms. The number of nitrogens with two attached hydrogens (primary N) is 1. The lowest BCUT2D eigenvalue weighted by atomic mass is 9.69. The van der Waals surface area contributed by atoms with Crippen LogP contribution < -0.4 is 5.84 Å². The normalized spacial score (nSPS) is 29.0. The Kier molecular flexibility index (Phi) is 5.23. The SMILES string of the molecule is N[N+]12C=CN=CC1=C(C1CC(O)(CN3CCCC3)C1)N=C2c1ccc2ccc(-c3ccccc3)nc2c1. The molecule has 186 valence electrons. The van der Waals surface area contributed by atoms with Crippen molar-refractivity contribution in [3.05, 3.63) is 90.0 Å². The number of fused-ring (bicyclic) bond motifs is 2. The van der Waals surface area contributed by atoms with Gasteiger partial charge in [-0.25, -0.2) is 4.98 Å². The quantitative estimate of drug-likeness (QED) is 0.410. The van der Waals surface area contributed by atoms with Crippen molar-refractivity contribution in [3.8, 4) is 11.3 Å². The first kappa shape index (κ1) is 22.7. The summed E-state index contributed by atoms with van der Waals surface area (Å²) >= 11 is 0. The summed E-state index contributed by atoms with van der Waals surface area (Å²) in [5, 5.41) is 12.2. The van der Waals surface area contributed by atoms with Crippen LogP contribution in [0, 0.1) is 5.92 Å². The predicted molar refractivity (Wildman–Crippen MR) is 146 cm³/mol. The fraction of sp³-hybridized carbons (Fsp3) is 0.300. The van der Waals surface area contributed by atoms with Gasteiger partial charge in [0.15, 0.2) is 0 Å². The average Bonchev–Trinajstić information content (AvgIpc) is 3.52. The molecule has 7 rings (SSSR count). The van der Waals surface area contributed by atoms with Gasteiger partial charge in [0.1, 0.15) is 11.9 Å². The highest BCUT2D eigenvalue weighted by atomic mass is 16.3. The second-order valence-corrected chi connectivity index (χ2v) is 10.8. The van der Waals surface area contributed by atoms with Crippen molar-refractivity contribution in [1.29, 1.82) is 0 Å². The highest BCUT2D eigenvalue weighted by molar-refractivity contribution is 6.02. The van der Waals surface area contributed by atoms with E-state index in [0.29, 0.717) is 12.8 Å². The zero-order valence-corrected chi connectivity index (χ0v) is 20.8. The molecule has 0 radical (unpaired) electrons. The van der Waals surface area contributed by atoms with Crippen molar-refractivity contribution in [1.82, 2.24) is 9.88 Å². The van der Waals surface area contributed by atoms with Gasteiger partial charge >= 0.3 is 0 Å². The van der Waals surface area contributed by atoms with Crippen molar-refractivity contribution in [2.24, 2.45) is 21.7 Å². The number of β-amino-alcohol motifs (C(OH)–C–C–N with tert-alkyl or cyclic N) is 1. The van der Waals surface area contributed by atoms with Crippen molar-refractivity contribution >= 4 is 23.0 Å². The molecule has 1 aliphatic carbocycles. The molecule has 1 aromatic heterocycles. The Bertz CT molecular complexity index is 1500. The fourth-order valence-corrected chi connectivity index (χ4v) is 6.27. The van der Waals surface area contributed by atoms with Crippen LogP contribution in [-0.2, 0) is 0 Å². The van der Waals surface area contributed by atoms with Crippen LogP contribution in [0.15, 0.2) is 94.4 Å². The standard InChI is InChI=1S/C30H31N6O/c31-36-15-12-32-19-27(36)28(24-17-30(37,18-24)20-35-13-4-5-14-35)34-29(36)23-9-8-22-10-11-25(33-26(22)16-23)21-6-2-1-3-7-21/h1-3,6-12,15-16,19,24,37H,4-5,13-14,17-18,20,31H2/q+1. The summed E-state index contributed by atoms with van der Waals surface area (Å²) in [6.45, 7) is 2.93. The molecule has 2 aromatic carbocycles. The molecule has 0 amide bonds. The molecule has 1 unspecified atom stereocenters. The largest absolute Gasteiger partial charge is 0.389 e. The topological polar surface area (TPSA) is 87.1 Å². The van der Waals surface area contributed by atoms with Crippen LogP contribution in [0.1, 0.15) is 31.2 Å². The summed E-state index contributed by atoms with van der Waals surface area (Å²) < 4.78 is -0.0101. The number of aromatic nitrogens is 1. The lowest BCUT2D eigenvalue weighted by Gasteiger charge is -2.45. The predicted octanol–water partition coefficient (Wildman–Crippen LogP) is 4.36. The number of nitrogens with zero attached hydrogens (tertiary/aromatic N) is 5. The number of aliphatic imine (C=N–C) groups is 2. The molecule has 4 aliphatic rings. The van der Waals surface area contributed by atoms with Gasteiger partial charge in [-0.05, 0) is 57.0 Å². The Morgan fingerprint density at radius 1 is 1.00 bits per heavy atom. The van der Waals surface area contributed by atoms with E-state index in [4.69, 9.17) is 15.8 Å².